The van der Waals surface area contributed by atoms with Crippen molar-refractivity contribution in [1.82, 2.24) is 10.2 Å². The third kappa shape index (κ3) is 7.77. The number of hydrogen-bond donors (Lipinski definition) is 1. The lowest BCUT2D eigenvalue weighted by Gasteiger charge is -2.34. The molecule has 0 aromatic rings. The van der Waals surface area contributed by atoms with Crippen LogP contribution >= 0.6 is 0 Å². The predicted molar refractivity (Wildman–Crippen MR) is 78.6 cm³/mol. The maximum absolute atomic E-state index is 3.55. The molecule has 0 fully saturated rings. The molecule has 0 aliphatic heterocycles. The summed E-state index contributed by atoms with van der Waals surface area (Å²) in [5.41, 5.74) is 0.353. The van der Waals surface area contributed by atoms with Crippen LogP contribution in [0.1, 0.15) is 66.7 Å². The fourth-order valence-electron chi connectivity index (χ4n) is 1.86. The molecule has 0 saturated heterocycles. The average molecular weight is 242 g/mol. The molecule has 104 valence electrons. The van der Waals surface area contributed by atoms with Crippen LogP contribution in [0.25, 0.3) is 0 Å². The Bertz CT molecular complexity index is 178. The minimum Gasteiger partial charge on any atom is -0.314 e. The molecular weight excluding hydrogens is 208 g/mol. The fourth-order valence-corrected chi connectivity index (χ4v) is 1.86. The van der Waals surface area contributed by atoms with Crippen molar-refractivity contribution in [2.45, 2.75) is 78.3 Å². The summed E-state index contributed by atoms with van der Waals surface area (Å²) in [4.78, 5) is 2.50. The Balaban J connectivity index is 3.57. The Morgan fingerprint density at radius 1 is 1.18 bits per heavy atom. The van der Waals surface area contributed by atoms with Gasteiger partial charge in [-0.15, -0.1) is 0 Å². The second-order valence-corrected chi connectivity index (χ2v) is 5.94. The molecule has 0 amide bonds. The molecule has 0 aromatic heterocycles. The molecule has 0 aliphatic carbocycles. The zero-order chi connectivity index (χ0) is 13.3. The van der Waals surface area contributed by atoms with Crippen LogP contribution in [-0.2, 0) is 0 Å². The normalized spacial score (nSPS) is 14.3. The molecule has 1 unspecified atom stereocenters. The first-order chi connectivity index (χ1) is 7.94. The first-order valence-corrected chi connectivity index (χ1v) is 7.38. The van der Waals surface area contributed by atoms with Crippen LogP contribution < -0.4 is 5.32 Å². The molecule has 17 heavy (non-hydrogen) atoms. The van der Waals surface area contributed by atoms with E-state index < -0.39 is 0 Å². The third-order valence-corrected chi connectivity index (χ3v) is 4.02. The lowest BCUT2D eigenvalue weighted by atomic mass is 9.99. The molecule has 1 atom stereocenters. The average Bonchev–Trinajstić information content (AvgIpc) is 2.31. The molecule has 0 radical (unpaired) electrons. The monoisotopic (exact) mass is 242 g/mol. The van der Waals surface area contributed by atoms with E-state index in [-0.39, 0.29) is 0 Å². The Morgan fingerprint density at radius 3 is 2.35 bits per heavy atom. The number of nitrogens with one attached hydrogen (secondary N) is 1. The van der Waals surface area contributed by atoms with Gasteiger partial charge in [-0.3, -0.25) is 0 Å². The van der Waals surface area contributed by atoms with Gasteiger partial charge in [0.05, 0.1) is 0 Å². The molecule has 0 aliphatic rings. The highest BCUT2D eigenvalue weighted by Crippen LogP contribution is 2.17. The molecule has 1 N–H and O–H groups in total. The van der Waals surface area contributed by atoms with Crippen LogP contribution in [0.3, 0.4) is 0 Å². The van der Waals surface area contributed by atoms with Gasteiger partial charge in [-0.05, 0) is 66.6 Å². The Hall–Kier alpha value is -0.0800. The second kappa shape index (κ2) is 8.93. The van der Waals surface area contributed by atoms with Gasteiger partial charge < -0.3 is 10.2 Å². The summed E-state index contributed by atoms with van der Waals surface area (Å²) in [5, 5.41) is 3.55. The van der Waals surface area contributed by atoms with E-state index in [9.17, 15) is 0 Å². The Kier molecular flexibility index (Phi) is 8.89. The first-order valence-electron chi connectivity index (χ1n) is 7.38. The maximum atomic E-state index is 3.55. The fraction of sp³-hybridized carbons (Fsp3) is 1.00. The van der Waals surface area contributed by atoms with Crippen molar-refractivity contribution < 1.29 is 0 Å². The van der Waals surface area contributed by atoms with Crippen LogP contribution in [0.4, 0.5) is 0 Å². The third-order valence-electron chi connectivity index (χ3n) is 4.02. The van der Waals surface area contributed by atoms with Gasteiger partial charge in [0.1, 0.15) is 0 Å². The smallest absolute Gasteiger partial charge is 0.0147 e. The maximum Gasteiger partial charge on any atom is 0.0147 e. The molecule has 2 nitrogen and oxygen atoms in total. The highest BCUT2D eigenvalue weighted by molar-refractivity contribution is 4.77. The molecule has 0 heterocycles. The molecule has 0 spiro atoms. The van der Waals surface area contributed by atoms with E-state index in [2.05, 4.69) is 51.9 Å². The van der Waals surface area contributed by atoms with Crippen molar-refractivity contribution in [3.63, 3.8) is 0 Å². The van der Waals surface area contributed by atoms with Crippen molar-refractivity contribution in [1.29, 1.82) is 0 Å². The summed E-state index contributed by atoms with van der Waals surface area (Å²) < 4.78 is 0. The molecule has 2 heteroatoms. The second-order valence-electron chi connectivity index (χ2n) is 5.94. The van der Waals surface area contributed by atoms with Crippen LogP contribution in [0, 0.1) is 0 Å². The van der Waals surface area contributed by atoms with Crippen molar-refractivity contribution in [2.24, 2.45) is 0 Å². The number of hydrogen-bond acceptors (Lipinski definition) is 2. The van der Waals surface area contributed by atoms with Gasteiger partial charge >= 0.3 is 0 Å². The van der Waals surface area contributed by atoms with Gasteiger partial charge in [0.25, 0.3) is 0 Å². The summed E-state index contributed by atoms with van der Waals surface area (Å²) in [6, 6.07) is 0.680. The zero-order valence-corrected chi connectivity index (χ0v) is 13.0. The Labute approximate surface area is 109 Å². The molecule has 0 rings (SSSR count). The minimum atomic E-state index is 0.353. The van der Waals surface area contributed by atoms with Crippen LogP contribution in [0.5, 0.6) is 0 Å². The largest absolute Gasteiger partial charge is 0.314 e. The summed E-state index contributed by atoms with van der Waals surface area (Å²) in [5.74, 6) is 0. The van der Waals surface area contributed by atoms with Gasteiger partial charge in [0.15, 0.2) is 0 Å². The van der Waals surface area contributed by atoms with Gasteiger partial charge in [-0.1, -0.05) is 20.3 Å². The zero-order valence-electron chi connectivity index (χ0n) is 13.0. The lowest BCUT2D eigenvalue weighted by molar-refractivity contribution is 0.148. The SMILES string of the molecule is CCCNC(C)CCCCN(C)C(C)(C)CC. The topological polar surface area (TPSA) is 15.3 Å². The quantitative estimate of drug-likeness (QED) is 0.588. The molecule has 0 aromatic carbocycles. The summed E-state index contributed by atoms with van der Waals surface area (Å²) in [7, 11) is 2.25. The van der Waals surface area contributed by atoms with Crippen LogP contribution in [0.2, 0.25) is 0 Å². The molecule has 0 saturated carbocycles. The predicted octanol–water partition coefficient (Wildman–Crippen LogP) is 3.67. The van der Waals surface area contributed by atoms with E-state index in [4.69, 9.17) is 0 Å². The number of unbranched alkanes of at least 4 members (excludes halogenated alkanes) is 1. The number of nitrogens with zero attached hydrogens (tertiary/aromatic N) is 1. The summed E-state index contributed by atoms with van der Waals surface area (Å²) >= 11 is 0. The van der Waals surface area contributed by atoms with Gasteiger partial charge in [-0.25, -0.2) is 0 Å². The van der Waals surface area contributed by atoms with Crippen molar-refractivity contribution in [3.8, 4) is 0 Å². The van der Waals surface area contributed by atoms with Gasteiger partial charge in [0.2, 0.25) is 0 Å². The van der Waals surface area contributed by atoms with E-state index in [0.717, 1.165) is 6.54 Å². The standard InChI is InChI=1S/C15H34N2/c1-7-12-16-14(3)11-9-10-13-17(6)15(4,5)8-2/h14,16H,7-13H2,1-6H3. The van der Waals surface area contributed by atoms with E-state index in [0.29, 0.717) is 11.6 Å². The summed E-state index contributed by atoms with van der Waals surface area (Å²) in [6.07, 6.45) is 6.41. The van der Waals surface area contributed by atoms with E-state index in [1.807, 2.05) is 0 Å². The van der Waals surface area contributed by atoms with Crippen LogP contribution in [-0.4, -0.2) is 36.6 Å². The first kappa shape index (κ1) is 16.9. The minimum absolute atomic E-state index is 0.353. The lowest BCUT2D eigenvalue weighted by Crippen LogP contribution is -2.41. The van der Waals surface area contributed by atoms with Gasteiger partial charge in [0, 0.05) is 11.6 Å². The van der Waals surface area contributed by atoms with E-state index in [1.54, 1.807) is 0 Å². The molecular formula is C15H34N2. The highest BCUT2D eigenvalue weighted by Gasteiger charge is 2.20. The van der Waals surface area contributed by atoms with E-state index in [1.165, 1.54) is 38.6 Å². The van der Waals surface area contributed by atoms with Gasteiger partial charge in [-0.2, -0.15) is 0 Å². The number of rotatable bonds is 10. The van der Waals surface area contributed by atoms with Crippen molar-refractivity contribution >= 4 is 0 Å². The summed E-state index contributed by atoms with van der Waals surface area (Å²) in [6.45, 7) is 13.8. The Morgan fingerprint density at radius 2 is 1.82 bits per heavy atom. The van der Waals surface area contributed by atoms with Crippen LogP contribution in [0.15, 0.2) is 0 Å². The highest BCUT2D eigenvalue weighted by atomic mass is 15.2. The van der Waals surface area contributed by atoms with E-state index >= 15 is 0 Å². The van der Waals surface area contributed by atoms with Crippen molar-refractivity contribution in [2.75, 3.05) is 20.1 Å². The molecule has 0 bridgehead atoms. The van der Waals surface area contributed by atoms with Crippen molar-refractivity contribution in [3.05, 3.63) is 0 Å².